The number of hydrogen-bond acceptors (Lipinski definition) is 4. The summed E-state index contributed by atoms with van der Waals surface area (Å²) in [4.78, 5) is 24.3. The molecule has 0 aromatic carbocycles. The van der Waals surface area contributed by atoms with E-state index in [2.05, 4.69) is 6.92 Å². The Labute approximate surface area is 137 Å². The van der Waals surface area contributed by atoms with E-state index in [1.165, 1.54) is 0 Å². The number of ketones is 2. The van der Waals surface area contributed by atoms with Gasteiger partial charge >= 0.3 is 0 Å². The van der Waals surface area contributed by atoms with E-state index in [0.29, 0.717) is 32.1 Å². The molecular weight excluding hydrogens is 292 g/mol. The van der Waals surface area contributed by atoms with Crippen LogP contribution >= 0.6 is 0 Å². The molecule has 3 fully saturated rings. The van der Waals surface area contributed by atoms with Crippen LogP contribution in [0, 0.1) is 22.7 Å². The van der Waals surface area contributed by atoms with Crippen LogP contribution < -0.4 is 0 Å². The summed E-state index contributed by atoms with van der Waals surface area (Å²) < 4.78 is 0. The maximum Gasteiger partial charge on any atom is 0.155 e. The summed E-state index contributed by atoms with van der Waals surface area (Å²) in [5.41, 5.74) is -0.699. The van der Waals surface area contributed by atoms with Crippen LogP contribution in [0.5, 0.6) is 0 Å². The number of Topliss-reactive ketones (excluding diaryl/α,β-unsaturated/α-hetero) is 1. The second-order valence-corrected chi connectivity index (χ2v) is 8.42. The molecule has 0 aromatic rings. The Balaban J connectivity index is 1.77. The average Bonchev–Trinajstić information content (AvgIpc) is 2.86. The molecule has 0 aliphatic heterocycles. The Morgan fingerprint density at radius 3 is 2.57 bits per heavy atom. The summed E-state index contributed by atoms with van der Waals surface area (Å²) in [5.74, 6) is 0.522. The molecule has 0 spiro atoms. The second kappa shape index (κ2) is 4.76. The normalized spacial score (nSPS) is 49.3. The van der Waals surface area contributed by atoms with Crippen LogP contribution in [-0.4, -0.2) is 34.0 Å². The minimum Gasteiger partial charge on any atom is -0.395 e. The van der Waals surface area contributed by atoms with E-state index in [4.69, 9.17) is 0 Å². The zero-order valence-corrected chi connectivity index (χ0v) is 13.8. The lowest BCUT2D eigenvalue weighted by Gasteiger charge is -2.62. The molecule has 4 aliphatic rings. The van der Waals surface area contributed by atoms with E-state index in [1.54, 1.807) is 6.08 Å². The number of aliphatic hydroxyl groups excluding tert-OH is 1. The van der Waals surface area contributed by atoms with Crippen molar-refractivity contribution < 1.29 is 19.8 Å². The van der Waals surface area contributed by atoms with E-state index < -0.39 is 11.0 Å². The largest absolute Gasteiger partial charge is 0.395 e. The van der Waals surface area contributed by atoms with Gasteiger partial charge in [-0.15, -0.1) is 0 Å². The van der Waals surface area contributed by atoms with Crippen molar-refractivity contribution in [3.8, 4) is 0 Å². The van der Waals surface area contributed by atoms with Gasteiger partial charge in [-0.2, -0.15) is 0 Å². The SMILES string of the molecule is CC12CCC(=O)C=C1CCC1C3CCC(=O)C3(CO)CCC12O. The first kappa shape index (κ1) is 15.5. The quantitative estimate of drug-likeness (QED) is 0.777. The van der Waals surface area contributed by atoms with Crippen LogP contribution in [0.1, 0.15) is 58.3 Å². The molecule has 3 saturated carbocycles. The summed E-state index contributed by atoms with van der Waals surface area (Å²) >= 11 is 0. The van der Waals surface area contributed by atoms with Gasteiger partial charge in [0.2, 0.25) is 0 Å². The van der Waals surface area contributed by atoms with E-state index in [1.807, 2.05) is 0 Å². The van der Waals surface area contributed by atoms with Gasteiger partial charge in [-0.1, -0.05) is 12.5 Å². The van der Waals surface area contributed by atoms with Crippen molar-refractivity contribution in [1.29, 1.82) is 0 Å². The third-order valence-electron chi connectivity index (χ3n) is 7.88. The molecule has 0 aromatic heterocycles. The van der Waals surface area contributed by atoms with Crippen LogP contribution in [0.4, 0.5) is 0 Å². The third kappa shape index (κ3) is 1.74. The molecule has 2 N–H and O–H groups in total. The molecule has 4 heteroatoms. The Kier molecular flexibility index (Phi) is 3.21. The number of rotatable bonds is 1. The molecule has 0 amide bonds. The monoisotopic (exact) mass is 318 g/mol. The molecule has 4 nitrogen and oxygen atoms in total. The maximum absolute atomic E-state index is 12.4. The van der Waals surface area contributed by atoms with Gasteiger partial charge in [0.05, 0.1) is 17.6 Å². The van der Waals surface area contributed by atoms with Crippen LogP contribution in [0.15, 0.2) is 11.6 Å². The topological polar surface area (TPSA) is 74.6 Å². The van der Waals surface area contributed by atoms with Gasteiger partial charge in [0, 0.05) is 18.3 Å². The van der Waals surface area contributed by atoms with Crippen LogP contribution in [0.3, 0.4) is 0 Å². The number of carbonyl (C=O) groups is 2. The van der Waals surface area contributed by atoms with Crippen molar-refractivity contribution in [1.82, 2.24) is 0 Å². The molecule has 4 rings (SSSR count). The first-order chi connectivity index (χ1) is 10.9. The van der Waals surface area contributed by atoms with Crippen LogP contribution in [-0.2, 0) is 9.59 Å². The van der Waals surface area contributed by atoms with E-state index >= 15 is 0 Å². The Hall–Kier alpha value is -1.00. The fraction of sp³-hybridized carbons (Fsp3) is 0.789. The zero-order chi connectivity index (χ0) is 16.5. The standard InChI is InChI=1S/C19H26O4/c1-17-7-6-13(21)10-12(17)2-3-15-14-4-5-16(22)18(14,11-20)8-9-19(15,17)23/h10,14-15,20,23H,2-9,11H2,1H3. The summed E-state index contributed by atoms with van der Waals surface area (Å²) in [6.45, 7) is 2.03. The van der Waals surface area contributed by atoms with Gasteiger partial charge in [0.15, 0.2) is 5.78 Å². The zero-order valence-electron chi connectivity index (χ0n) is 13.8. The smallest absolute Gasteiger partial charge is 0.155 e. The molecule has 23 heavy (non-hydrogen) atoms. The summed E-state index contributed by atoms with van der Waals surface area (Å²) in [5, 5.41) is 21.7. The highest BCUT2D eigenvalue weighted by Gasteiger charge is 2.66. The van der Waals surface area contributed by atoms with Crippen LogP contribution in [0.2, 0.25) is 0 Å². The Morgan fingerprint density at radius 2 is 1.83 bits per heavy atom. The third-order valence-corrected chi connectivity index (χ3v) is 7.88. The van der Waals surface area contributed by atoms with Crippen LogP contribution in [0.25, 0.3) is 0 Å². The van der Waals surface area contributed by atoms with Crippen molar-refractivity contribution in [3.05, 3.63) is 11.6 Å². The molecule has 0 heterocycles. The predicted octanol–water partition coefficient (Wildman–Crippen LogP) is 2.17. The molecule has 0 radical (unpaired) electrons. The van der Waals surface area contributed by atoms with E-state index in [9.17, 15) is 19.8 Å². The van der Waals surface area contributed by atoms with Gasteiger partial charge in [-0.05, 0) is 56.4 Å². The molecule has 4 aliphatic carbocycles. The summed E-state index contributed by atoms with van der Waals surface area (Å²) in [6, 6.07) is 0. The average molecular weight is 318 g/mol. The highest BCUT2D eigenvalue weighted by atomic mass is 16.3. The number of aliphatic hydroxyl groups is 2. The Bertz CT molecular complexity index is 608. The van der Waals surface area contributed by atoms with Crippen molar-refractivity contribution in [2.75, 3.05) is 6.61 Å². The summed E-state index contributed by atoms with van der Waals surface area (Å²) in [6.07, 6.45) is 7.11. The minimum absolute atomic E-state index is 0.0604. The first-order valence-electron chi connectivity index (χ1n) is 8.98. The molecule has 126 valence electrons. The van der Waals surface area contributed by atoms with Gasteiger partial charge in [-0.25, -0.2) is 0 Å². The minimum atomic E-state index is -0.842. The van der Waals surface area contributed by atoms with Crippen molar-refractivity contribution in [2.24, 2.45) is 22.7 Å². The van der Waals surface area contributed by atoms with Crippen molar-refractivity contribution >= 4 is 11.6 Å². The lowest BCUT2D eigenvalue weighted by molar-refractivity contribution is -0.195. The van der Waals surface area contributed by atoms with Gasteiger partial charge in [0.1, 0.15) is 5.78 Å². The fourth-order valence-corrected chi connectivity index (χ4v) is 6.38. The number of hydrogen-bond donors (Lipinski definition) is 2. The van der Waals surface area contributed by atoms with Gasteiger partial charge < -0.3 is 10.2 Å². The predicted molar refractivity (Wildman–Crippen MR) is 84.6 cm³/mol. The highest BCUT2D eigenvalue weighted by molar-refractivity contribution is 5.92. The maximum atomic E-state index is 12.4. The lowest BCUT2D eigenvalue weighted by Crippen LogP contribution is -2.64. The molecule has 5 unspecified atom stereocenters. The van der Waals surface area contributed by atoms with Gasteiger partial charge in [-0.3, -0.25) is 9.59 Å². The molecule has 0 saturated heterocycles. The second-order valence-electron chi connectivity index (χ2n) is 8.42. The fourth-order valence-electron chi connectivity index (χ4n) is 6.38. The van der Waals surface area contributed by atoms with E-state index in [0.717, 1.165) is 24.8 Å². The highest BCUT2D eigenvalue weighted by Crippen LogP contribution is 2.66. The van der Waals surface area contributed by atoms with Crippen molar-refractivity contribution in [2.45, 2.75) is 63.9 Å². The van der Waals surface area contributed by atoms with E-state index in [-0.39, 0.29) is 35.4 Å². The number of carbonyl (C=O) groups excluding carboxylic acids is 2. The lowest BCUT2D eigenvalue weighted by atomic mass is 9.45. The molecule has 0 bridgehead atoms. The van der Waals surface area contributed by atoms with Gasteiger partial charge in [0.25, 0.3) is 0 Å². The molecule has 5 atom stereocenters. The molecular formula is C19H26O4. The number of fused-ring (bicyclic) bond motifs is 5. The summed E-state index contributed by atoms with van der Waals surface area (Å²) in [7, 11) is 0. The van der Waals surface area contributed by atoms with Crippen molar-refractivity contribution in [3.63, 3.8) is 0 Å². The Morgan fingerprint density at radius 1 is 1.09 bits per heavy atom. The first-order valence-corrected chi connectivity index (χ1v) is 8.98.